The van der Waals surface area contributed by atoms with Gasteiger partial charge >= 0.3 is 0 Å². The Labute approximate surface area is 135 Å². The van der Waals surface area contributed by atoms with Crippen molar-refractivity contribution in [3.05, 3.63) is 0 Å². The average molecular weight is 315 g/mol. The van der Waals surface area contributed by atoms with Crippen molar-refractivity contribution in [1.82, 2.24) is 4.90 Å². The van der Waals surface area contributed by atoms with E-state index < -0.39 is 0 Å². The molecule has 2 aliphatic carbocycles. The molecule has 0 aromatic rings. The van der Waals surface area contributed by atoms with Gasteiger partial charge in [-0.2, -0.15) is 0 Å². The van der Waals surface area contributed by atoms with Crippen LogP contribution < -0.4 is 5.73 Å². The molecule has 0 radical (unpaired) electrons. The van der Waals surface area contributed by atoms with Crippen LogP contribution in [0.5, 0.6) is 0 Å². The summed E-state index contributed by atoms with van der Waals surface area (Å²) in [6, 6.07) is 0. The summed E-state index contributed by atoms with van der Waals surface area (Å²) in [7, 11) is 0. The number of carbonyl (C=O) groups is 1. The largest absolute Gasteiger partial charge is 0.342 e. The lowest BCUT2D eigenvalue weighted by Gasteiger charge is -2.36. The van der Waals surface area contributed by atoms with Gasteiger partial charge in [-0.3, -0.25) is 4.79 Å². The Kier molecular flexibility index (Phi) is 5.96. The topological polar surface area (TPSA) is 46.3 Å². The minimum absolute atomic E-state index is 0. The Balaban J connectivity index is 0.00000161. The van der Waals surface area contributed by atoms with Crippen molar-refractivity contribution in [2.24, 2.45) is 23.0 Å². The van der Waals surface area contributed by atoms with E-state index in [-0.39, 0.29) is 17.8 Å². The quantitative estimate of drug-likeness (QED) is 0.868. The molecule has 1 heterocycles. The molecule has 122 valence electrons. The number of carbonyl (C=O) groups excluding carboxylic acids is 1. The van der Waals surface area contributed by atoms with Crippen LogP contribution in [0.2, 0.25) is 0 Å². The molecule has 2 saturated carbocycles. The molecule has 2 unspecified atom stereocenters. The Morgan fingerprint density at radius 2 is 1.57 bits per heavy atom. The van der Waals surface area contributed by atoms with Crippen LogP contribution in [0.25, 0.3) is 0 Å². The monoisotopic (exact) mass is 314 g/mol. The van der Waals surface area contributed by atoms with E-state index in [1.165, 1.54) is 44.9 Å². The van der Waals surface area contributed by atoms with Crippen molar-refractivity contribution in [3.63, 3.8) is 0 Å². The lowest BCUT2D eigenvalue weighted by Crippen LogP contribution is -2.40. The van der Waals surface area contributed by atoms with Gasteiger partial charge in [-0.05, 0) is 49.5 Å². The summed E-state index contributed by atoms with van der Waals surface area (Å²) in [6.07, 6.45) is 12.3. The van der Waals surface area contributed by atoms with E-state index in [9.17, 15) is 4.79 Å². The zero-order chi connectivity index (χ0) is 14.0. The number of amides is 1. The van der Waals surface area contributed by atoms with Gasteiger partial charge in [0.25, 0.3) is 0 Å². The van der Waals surface area contributed by atoms with E-state index in [0.29, 0.717) is 18.9 Å². The fraction of sp³-hybridized carbons (Fsp3) is 0.941. The van der Waals surface area contributed by atoms with E-state index in [2.05, 4.69) is 4.90 Å². The molecule has 3 fully saturated rings. The van der Waals surface area contributed by atoms with E-state index in [1.807, 2.05) is 0 Å². The Bertz CT molecular complexity index is 341. The van der Waals surface area contributed by atoms with E-state index in [4.69, 9.17) is 5.73 Å². The van der Waals surface area contributed by atoms with Crippen molar-refractivity contribution >= 4 is 18.3 Å². The third kappa shape index (κ3) is 3.73. The van der Waals surface area contributed by atoms with Gasteiger partial charge in [0.05, 0.1) is 0 Å². The molecule has 3 rings (SSSR count). The zero-order valence-electron chi connectivity index (χ0n) is 13.2. The Morgan fingerprint density at radius 1 is 1.00 bits per heavy atom. The Hall–Kier alpha value is -0.280. The molecule has 4 heteroatoms. The molecule has 0 bridgehead atoms. The first-order valence-electron chi connectivity index (χ1n) is 8.70. The van der Waals surface area contributed by atoms with Gasteiger partial charge in [0, 0.05) is 19.5 Å². The summed E-state index contributed by atoms with van der Waals surface area (Å²) >= 11 is 0. The first-order valence-corrected chi connectivity index (χ1v) is 8.70. The molecule has 2 atom stereocenters. The zero-order valence-corrected chi connectivity index (χ0v) is 14.0. The highest BCUT2D eigenvalue weighted by Crippen LogP contribution is 2.41. The molecule has 1 amide bonds. The maximum atomic E-state index is 12.7. The van der Waals surface area contributed by atoms with Crippen LogP contribution in [0.15, 0.2) is 0 Å². The lowest BCUT2D eigenvalue weighted by atomic mass is 9.71. The number of nitrogens with zero attached hydrogens (tertiary/aromatic N) is 1. The molecule has 3 nitrogen and oxygen atoms in total. The van der Waals surface area contributed by atoms with Crippen LogP contribution in [0.4, 0.5) is 0 Å². The highest BCUT2D eigenvalue weighted by atomic mass is 35.5. The highest BCUT2D eigenvalue weighted by molar-refractivity contribution is 5.85. The summed E-state index contributed by atoms with van der Waals surface area (Å²) in [5, 5.41) is 0. The number of rotatable bonds is 3. The van der Waals surface area contributed by atoms with Crippen LogP contribution in [-0.4, -0.2) is 30.4 Å². The van der Waals surface area contributed by atoms with E-state index in [0.717, 1.165) is 37.8 Å². The van der Waals surface area contributed by atoms with Crippen molar-refractivity contribution in [2.75, 3.05) is 19.6 Å². The number of halogens is 1. The molecule has 0 spiro atoms. The third-order valence-electron chi connectivity index (χ3n) is 6.20. The maximum absolute atomic E-state index is 12.7. The standard InChI is InChI=1S/C17H30N2O.ClH/c18-13-17(8-4-1-5-9-17)10-16(20)19-11-14-6-2-3-7-15(14)12-19;/h14-15H,1-13,18H2;1H. The number of hydrogen-bond acceptors (Lipinski definition) is 2. The van der Waals surface area contributed by atoms with Gasteiger partial charge in [0.15, 0.2) is 0 Å². The fourth-order valence-electron chi connectivity index (χ4n) is 4.80. The number of likely N-dealkylation sites (tertiary alicyclic amines) is 1. The summed E-state index contributed by atoms with van der Waals surface area (Å²) in [5.41, 5.74) is 6.16. The van der Waals surface area contributed by atoms with Crippen LogP contribution >= 0.6 is 12.4 Å². The SMILES string of the molecule is Cl.NCC1(CC(=O)N2CC3CCCCC3C2)CCCCC1. The minimum Gasteiger partial charge on any atom is -0.342 e. The molecular formula is C17H31ClN2O. The number of nitrogens with two attached hydrogens (primary N) is 1. The molecule has 1 saturated heterocycles. The fourth-order valence-corrected chi connectivity index (χ4v) is 4.80. The van der Waals surface area contributed by atoms with Gasteiger partial charge in [-0.15, -0.1) is 12.4 Å². The summed E-state index contributed by atoms with van der Waals surface area (Å²) in [5.74, 6) is 1.99. The van der Waals surface area contributed by atoms with Gasteiger partial charge in [0.1, 0.15) is 0 Å². The molecular weight excluding hydrogens is 284 g/mol. The van der Waals surface area contributed by atoms with Crippen LogP contribution in [-0.2, 0) is 4.79 Å². The molecule has 1 aliphatic heterocycles. The second kappa shape index (κ2) is 7.32. The van der Waals surface area contributed by atoms with Gasteiger partial charge in [-0.25, -0.2) is 0 Å². The maximum Gasteiger partial charge on any atom is 0.223 e. The van der Waals surface area contributed by atoms with E-state index >= 15 is 0 Å². The van der Waals surface area contributed by atoms with Gasteiger partial charge < -0.3 is 10.6 Å². The van der Waals surface area contributed by atoms with Crippen molar-refractivity contribution < 1.29 is 4.79 Å². The molecule has 2 N–H and O–H groups in total. The summed E-state index contributed by atoms with van der Waals surface area (Å²) in [4.78, 5) is 14.9. The smallest absolute Gasteiger partial charge is 0.223 e. The summed E-state index contributed by atoms with van der Waals surface area (Å²) < 4.78 is 0. The predicted molar refractivity (Wildman–Crippen MR) is 88.5 cm³/mol. The average Bonchev–Trinajstić information content (AvgIpc) is 2.92. The van der Waals surface area contributed by atoms with Crippen molar-refractivity contribution in [2.45, 2.75) is 64.2 Å². The summed E-state index contributed by atoms with van der Waals surface area (Å²) in [6.45, 7) is 2.76. The second-order valence-corrected chi connectivity index (χ2v) is 7.54. The number of hydrogen-bond donors (Lipinski definition) is 1. The molecule has 3 aliphatic rings. The third-order valence-corrected chi connectivity index (χ3v) is 6.20. The second-order valence-electron chi connectivity index (χ2n) is 7.54. The van der Waals surface area contributed by atoms with E-state index in [1.54, 1.807) is 0 Å². The van der Waals surface area contributed by atoms with Crippen LogP contribution in [0, 0.1) is 17.3 Å². The van der Waals surface area contributed by atoms with Crippen LogP contribution in [0.1, 0.15) is 64.2 Å². The highest BCUT2D eigenvalue weighted by Gasteiger charge is 2.39. The van der Waals surface area contributed by atoms with Crippen LogP contribution in [0.3, 0.4) is 0 Å². The van der Waals surface area contributed by atoms with Gasteiger partial charge in [-0.1, -0.05) is 32.1 Å². The molecule has 21 heavy (non-hydrogen) atoms. The lowest BCUT2D eigenvalue weighted by molar-refractivity contribution is -0.133. The van der Waals surface area contributed by atoms with Crippen molar-refractivity contribution in [1.29, 1.82) is 0 Å². The number of fused-ring (bicyclic) bond motifs is 1. The first kappa shape index (κ1) is 17.1. The normalized spacial score (nSPS) is 31.4. The predicted octanol–water partition coefficient (Wildman–Crippen LogP) is 3.36. The molecule has 0 aromatic carbocycles. The Morgan fingerprint density at radius 3 is 2.10 bits per heavy atom. The molecule has 0 aromatic heterocycles. The minimum atomic E-state index is 0. The first-order chi connectivity index (χ1) is 9.72. The van der Waals surface area contributed by atoms with Gasteiger partial charge in [0.2, 0.25) is 5.91 Å². The van der Waals surface area contributed by atoms with Crippen molar-refractivity contribution in [3.8, 4) is 0 Å².